The number of halogens is 1. The number of hydrazine groups is 1. The Kier molecular flexibility index (Phi) is 4.02. The van der Waals surface area contributed by atoms with Crippen molar-refractivity contribution in [1.29, 1.82) is 0 Å². The standard InChI is InChI=1S/C12H12ClN5O2/c1-6-9(10(18-14)17-12(20)15-6)11(19)16-8-5-3-2-4-7(8)13/h2-5H,14H2,1H3,(H,16,19)(H2,15,17,18,20). The molecule has 0 aliphatic heterocycles. The van der Waals surface area contributed by atoms with Gasteiger partial charge in [-0.15, -0.1) is 0 Å². The zero-order valence-corrected chi connectivity index (χ0v) is 11.3. The fourth-order valence-electron chi connectivity index (χ4n) is 1.72. The van der Waals surface area contributed by atoms with Crippen LogP contribution >= 0.6 is 11.6 Å². The number of nitrogens with two attached hydrogens (primary N) is 1. The molecule has 0 aliphatic rings. The molecule has 1 heterocycles. The second-order valence-electron chi connectivity index (χ2n) is 3.97. The van der Waals surface area contributed by atoms with Crippen molar-refractivity contribution in [2.24, 2.45) is 5.84 Å². The highest BCUT2D eigenvalue weighted by Crippen LogP contribution is 2.22. The van der Waals surface area contributed by atoms with Crippen LogP contribution in [0.15, 0.2) is 29.1 Å². The summed E-state index contributed by atoms with van der Waals surface area (Å²) in [6.45, 7) is 1.57. The van der Waals surface area contributed by atoms with E-state index in [2.05, 4.69) is 20.7 Å². The second kappa shape index (κ2) is 5.72. The van der Waals surface area contributed by atoms with E-state index in [4.69, 9.17) is 17.4 Å². The number of anilines is 2. The van der Waals surface area contributed by atoms with E-state index in [0.717, 1.165) is 0 Å². The molecule has 0 radical (unpaired) electrons. The molecule has 0 spiro atoms. The number of carbonyl (C=O) groups is 1. The molecule has 0 unspecified atom stereocenters. The van der Waals surface area contributed by atoms with E-state index in [9.17, 15) is 9.59 Å². The largest absolute Gasteiger partial charge is 0.347 e. The van der Waals surface area contributed by atoms with Crippen LogP contribution in [-0.2, 0) is 0 Å². The van der Waals surface area contributed by atoms with Gasteiger partial charge in [0, 0.05) is 5.69 Å². The first-order chi connectivity index (χ1) is 9.52. The molecule has 8 heteroatoms. The summed E-state index contributed by atoms with van der Waals surface area (Å²) in [5, 5.41) is 3.03. The molecule has 2 aromatic rings. The fraction of sp³-hybridized carbons (Fsp3) is 0.0833. The molecule has 20 heavy (non-hydrogen) atoms. The van der Waals surface area contributed by atoms with Gasteiger partial charge in [-0.3, -0.25) is 4.79 Å². The van der Waals surface area contributed by atoms with Gasteiger partial charge in [0.05, 0.1) is 10.7 Å². The number of rotatable bonds is 3. The Labute approximate surface area is 119 Å². The van der Waals surface area contributed by atoms with E-state index < -0.39 is 11.6 Å². The molecule has 1 amide bonds. The van der Waals surface area contributed by atoms with Gasteiger partial charge >= 0.3 is 5.69 Å². The predicted octanol–water partition coefficient (Wildman–Crippen LogP) is 1.27. The van der Waals surface area contributed by atoms with Crippen LogP contribution in [-0.4, -0.2) is 15.9 Å². The van der Waals surface area contributed by atoms with Crippen LogP contribution in [0.2, 0.25) is 5.02 Å². The highest BCUT2D eigenvalue weighted by Gasteiger charge is 2.17. The van der Waals surface area contributed by atoms with Crippen LogP contribution in [0, 0.1) is 6.92 Å². The van der Waals surface area contributed by atoms with Gasteiger partial charge < -0.3 is 15.7 Å². The summed E-state index contributed by atoms with van der Waals surface area (Å²) in [4.78, 5) is 29.5. The quantitative estimate of drug-likeness (QED) is 0.503. The number of para-hydroxylation sites is 1. The number of nitrogens with one attached hydrogen (secondary N) is 3. The lowest BCUT2D eigenvalue weighted by Gasteiger charge is -2.11. The summed E-state index contributed by atoms with van der Waals surface area (Å²) in [5.41, 5.74) is 2.59. The zero-order valence-electron chi connectivity index (χ0n) is 10.5. The minimum Gasteiger partial charge on any atom is -0.320 e. The number of carbonyl (C=O) groups excluding carboxylic acids is 1. The molecule has 0 saturated carbocycles. The fourth-order valence-corrected chi connectivity index (χ4v) is 1.90. The maximum Gasteiger partial charge on any atom is 0.347 e. The Bertz CT molecular complexity index is 713. The van der Waals surface area contributed by atoms with Gasteiger partial charge in [0.15, 0.2) is 5.82 Å². The normalized spacial score (nSPS) is 10.2. The molecule has 0 atom stereocenters. The van der Waals surface area contributed by atoms with Crippen molar-refractivity contribution in [2.75, 3.05) is 10.7 Å². The molecule has 104 valence electrons. The van der Waals surface area contributed by atoms with Crippen molar-refractivity contribution in [3.05, 3.63) is 51.0 Å². The summed E-state index contributed by atoms with van der Waals surface area (Å²) in [5.74, 6) is 4.79. The second-order valence-corrected chi connectivity index (χ2v) is 4.38. The third kappa shape index (κ3) is 2.79. The number of hydrogen-bond acceptors (Lipinski definition) is 5. The SMILES string of the molecule is Cc1[nH]c(=O)nc(NN)c1C(=O)Nc1ccccc1Cl. The number of nitrogens with zero attached hydrogens (tertiary/aromatic N) is 1. The molecular weight excluding hydrogens is 282 g/mol. The van der Waals surface area contributed by atoms with Crippen LogP contribution < -0.4 is 22.3 Å². The van der Waals surface area contributed by atoms with E-state index >= 15 is 0 Å². The monoisotopic (exact) mass is 293 g/mol. The zero-order chi connectivity index (χ0) is 14.7. The van der Waals surface area contributed by atoms with E-state index in [1.807, 2.05) is 0 Å². The summed E-state index contributed by atoms with van der Waals surface area (Å²) in [6.07, 6.45) is 0. The molecule has 0 saturated heterocycles. The van der Waals surface area contributed by atoms with Crippen molar-refractivity contribution in [3.8, 4) is 0 Å². The smallest absolute Gasteiger partial charge is 0.320 e. The minimum atomic E-state index is -0.593. The van der Waals surface area contributed by atoms with Gasteiger partial charge in [-0.25, -0.2) is 10.6 Å². The number of H-pyrrole nitrogens is 1. The molecule has 7 nitrogen and oxygen atoms in total. The third-order valence-corrected chi connectivity index (χ3v) is 2.94. The summed E-state index contributed by atoms with van der Waals surface area (Å²) < 4.78 is 0. The van der Waals surface area contributed by atoms with Gasteiger partial charge in [0.2, 0.25) is 0 Å². The minimum absolute atomic E-state index is 0.00389. The number of amides is 1. The van der Waals surface area contributed by atoms with E-state index in [1.54, 1.807) is 31.2 Å². The Morgan fingerprint density at radius 1 is 1.40 bits per heavy atom. The number of aryl methyl sites for hydroxylation is 1. The Morgan fingerprint density at radius 3 is 2.75 bits per heavy atom. The van der Waals surface area contributed by atoms with Crippen molar-refractivity contribution in [1.82, 2.24) is 9.97 Å². The average molecular weight is 294 g/mol. The highest BCUT2D eigenvalue weighted by atomic mass is 35.5. The lowest BCUT2D eigenvalue weighted by Crippen LogP contribution is -2.25. The molecular formula is C12H12ClN5O2. The maximum absolute atomic E-state index is 12.3. The molecule has 2 rings (SSSR count). The average Bonchev–Trinajstić information content (AvgIpc) is 2.40. The Balaban J connectivity index is 2.40. The summed E-state index contributed by atoms with van der Waals surface area (Å²) in [6, 6.07) is 6.79. The van der Waals surface area contributed by atoms with Gasteiger partial charge in [0.1, 0.15) is 5.56 Å². The van der Waals surface area contributed by atoms with Crippen molar-refractivity contribution < 1.29 is 4.79 Å². The molecule has 0 bridgehead atoms. The number of benzene rings is 1. The number of aromatic amines is 1. The molecule has 0 fully saturated rings. The van der Waals surface area contributed by atoms with Gasteiger partial charge in [-0.1, -0.05) is 23.7 Å². The van der Waals surface area contributed by atoms with Gasteiger partial charge in [-0.05, 0) is 19.1 Å². The Hall–Kier alpha value is -2.38. The summed E-state index contributed by atoms with van der Waals surface area (Å²) >= 11 is 5.97. The first-order valence-electron chi connectivity index (χ1n) is 5.66. The van der Waals surface area contributed by atoms with Crippen molar-refractivity contribution in [2.45, 2.75) is 6.92 Å². The van der Waals surface area contributed by atoms with E-state index in [-0.39, 0.29) is 11.4 Å². The van der Waals surface area contributed by atoms with Crippen LogP contribution in [0.1, 0.15) is 16.1 Å². The van der Waals surface area contributed by atoms with E-state index in [0.29, 0.717) is 16.4 Å². The van der Waals surface area contributed by atoms with Crippen molar-refractivity contribution in [3.63, 3.8) is 0 Å². The molecule has 0 aliphatic carbocycles. The summed E-state index contributed by atoms with van der Waals surface area (Å²) in [7, 11) is 0. The van der Waals surface area contributed by atoms with Crippen LogP contribution in [0.25, 0.3) is 0 Å². The van der Waals surface area contributed by atoms with Gasteiger partial charge in [-0.2, -0.15) is 4.98 Å². The molecule has 5 N–H and O–H groups in total. The van der Waals surface area contributed by atoms with Gasteiger partial charge in [0.25, 0.3) is 5.91 Å². The molecule has 1 aromatic carbocycles. The van der Waals surface area contributed by atoms with Crippen LogP contribution in [0.5, 0.6) is 0 Å². The topological polar surface area (TPSA) is 113 Å². The number of nitrogen functional groups attached to an aromatic ring is 1. The third-order valence-electron chi connectivity index (χ3n) is 2.61. The van der Waals surface area contributed by atoms with Crippen LogP contribution in [0.4, 0.5) is 11.5 Å². The Morgan fingerprint density at radius 2 is 2.10 bits per heavy atom. The predicted molar refractivity (Wildman–Crippen MR) is 76.8 cm³/mol. The highest BCUT2D eigenvalue weighted by molar-refractivity contribution is 6.34. The van der Waals surface area contributed by atoms with Crippen molar-refractivity contribution >= 4 is 29.0 Å². The van der Waals surface area contributed by atoms with Crippen LogP contribution in [0.3, 0.4) is 0 Å². The van der Waals surface area contributed by atoms with E-state index in [1.165, 1.54) is 0 Å². The molecule has 1 aromatic heterocycles. The first-order valence-corrected chi connectivity index (χ1v) is 6.04. The number of hydrogen-bond donors (Lipinski definition) is 4. The first kappa shape index (κ1) is 14.0. The lowest BCUT2D eigenvalue weighted by atomic mass is 10.2. The maximum atomic E-state index is 12.3. The number of aromatic nitrogens is 2. The lowest BCUT2D eigenvalue weighted by molar-refractivity contribution is 0.102.